The third-order valence-electron chi connectivity index (χ3n) is 3.37. The zero-order chi connectivity index (χ0) is 13.6. The molecule has 0 unspecified atom stereocenters. The average molecular weight is 278 g/mol. The summed E-state index contributed by atoms with van der Waals surface area (Å²) >= 11 is 6.08. The van der Waals surface area contributed by atoms with Gasteiger partial charge in [0.25, 0.3) is 0 Å². The van der Waals surface area contributed by atoms with Crippen LogP contribution < -0.4 is 5.32 Å². The van der Waals surface area contributed by atoms with Crippen molar-refractivity contribution in [3.05, 3.63) is 28.3 Å². The Bertz CT molecular complexity index is 611. The minimum Gasteiger partial charge on any atom is -0.373 e. The number of hydrogen-bond acceptors (Lipinski definition) is 4. The van der Waals surface area contributed by atoms with E-state index in [1.807, 2.05) is 20.9 Å². The Morgan fingerprint density at radius 3 is 2.58 bits per heavy atom. The van der Waals surface area contributed by atoms with Gasteiger partial charge in [-0.05, 0) is 26.7 Å². The number of hydrogen-bond donors (Lipinski definition) is 1. The number of aryl methyl sites for hydroxylation is 1. The van der Waals surface area contributed by atoms with Gasteiger partial charge in [-0.1, -0.05) is 11.6 Å². The van der Waals surface area contributed by atoms with Crippen molar-refractivity contribution in [3.8, 4) is 5.82 Å². The van der Waals surface area contributed by atoms with Crippen LogP contribution in [-0.4, -0.2) is 26.8 Å². The van der Waals surface area contributed by atoms with Crippen molar-refractivity contribution in [2.45, 2.75) is 32.6 Å². The molecule has 0 amide bonds. The molecule has 0 aromatic carbocycles. The first-order valence-electron chi connectivity index (χ1n) is 6.38. The van der Waals surface area contributed by atoms with Gasteiger partial charge < -0.3 is 5.32 Å². The van der Waals surface area contributed by atoms with Crippen LogP contribution in [0.3, 0.4) is 0 Å². The first-order valence-corrected chi connectivity index (χ1v) is 6.76. The molecule has 5 nitrogen and oxygen atoms in total. The lowest BCUT2D eigenvalue weighted by Crippen LogP contribution is -2.09. The molecule has 3 rings (SSSR count). The molecule has 1 saturated carbocycles. The number of rotatable bonds is 3. The van der Waals surface area contributed by atoms with Crippen molar-refractivity contribution in [3.63, 3.8) is 0 Å². The van der Waals surface area contributed by atoms with Crippen LogP contribution >= 0.6 is 11.6 Å². The molecule has 1 aliphatic rings. The third kappa shape index (κ3) is 2.18. The molecular formula is C13H16ClN5. The van der Waals surface area contributed by atoms with Crippen LogP contribution in [0.1, 0.15) is 35.8 Å². The Balaban J connectivity index is 2.15. The van der Waals surface area contributed by atoms with Gasteiger partial charge in [0.1, 0.15) is 11.6 Å². The highest BCUT2D eigenvalue weighted by Gasteiger charge is 2.28. The van der Waals surface area contributed by atoms with Crippen LogP contribution in [0.25, 0.3) is 5.82 Å². The highest BCUT2D eigenvalue weighted by molar-refractivity contribution is 6.31. The molecule has 1 fully saturated rings. The van der Waals surface area contributed by atoms with Crippen molar-refractivity contribution in [1.82, 2.24) is 19.7 Å². The van der Waals surface area contributed by atoms with Crippen LogP contribution in [0.5, 0.6) is 0 Å². The molecule has 0 spiro atoms. The van der Waals surface area contributed by atoms with Gasteiger partial charge >= 0.3 is 0 Å². The summed E-state index contributed by atoms with van der Waals surface area (Å²) in [5, 5.41) is 8.18. The first kappa shape index (κ1) is 12.4. The van der Waals surface area contributed by atoms with Crippen molar-refractivity contribution in [2.24, 2.45) is 0 Å². The molecule has 0 bridgehead atoms. The molecule has 0 saturated heterocycles. The fraction of sp³-hybridized carbons (Fsp3) is 0.462. The molecule has 100 valence electrons. The lowest BCUT2D eigenvalue weighted by atomic mass is 10.3. The predicted molar refractivity (Wildman–Crippen MR) is 75.2 cm³/mol. The van der Waals surface area contributed by atoms with E-state index in [0.717, 1.165) is 28.7 Å². The van der Waals surface area contributed by atoms with Gasteiger partial charge in [-0.3, -0.25) is 0 Å². The fourth-order valence-corrected chi connectivity index (χ4v) is 2.19. The normalized spacial score (nSPS) is 14.7. The van der Waals surface area contributed by atoms with Crippen molar-refractivity contribution >= 4 is 17.4 Å². The van der Waals surface area contributed by atoms with Crippen molar-refractivity contribution < 1.29 is 0 Å². The maximum absolute atomic E-state index is 6.08. The van der Waals surface area contributed by atoms with E-state index < -0.39 is 0 Å². The standard InChI is InChI=1S/C13H16ClN5/c1-7-11(15-3)16-12(9-4-5-9)17-13(7)19-6-10(14)8(2)18-19/h6,9H,4-5H2,1-3H3,(H,15,16,17). The van der Waals surface area contributed by atoms with Gasteiger partial charge in [-0.2, -0.15) is 5.10 Å². The Hall–Kier alpha value is -1.62. The van der Waals surface area contributed by atoms with Crippen LogP contribution in [0.2, 0.25) is 5.02 Å². The lowest BCUT2D eigenvalue weighted by Gasteiger charge is -2.11. The summed E-state index contributed by atoms with van der Waals surface area (Å²) in [6, 6.07) is 0. The largest absolute Gasteiger partial charge is 0.373 e. The zero-order valence-electron chi connectivity index (χ0n) is 11.2. The Kier molecular flexibility index (Phi) is 2.93. The highest BCUT2D eigenvalue weighted by atomic mass is 35.5. The van der Waals surface area contributed by atoms with Gasteiger partial charge in [0.15, 0.2) is 5.82 Å². The van der Waals surface area contributed by atoms with E-state index in [1.165, 1.54) is 12.8 Å². The molecule has 0 atom stereocenters. The van der Waals surface area contributed by atoms with Crippen LogP contribution in [0.4, 0.5) is 5.82 Å². The van der Waals surface area contributed by atoms with Crippen LogP contribution in [0, 0.1) is 13.8 Å². The number of nitrogens with one attached hydrogen (secondary N) is 1. The number of aromatic nitrogens is 4. The van der Waals surface area contributed by atoms with E-state index in [2.05, 4.69) is 20.4 Å². The summed E-state index contributed by atoms with van der Waals surface area (Å²) in [6.07, 6.45) is 4.14. The van der Waals surface area contributed by atoms with E-state index in [0.29, 0.717) is 10.9 Å². The summed E-state index contributed by atoms with van der Waals surface area (Å²) in [7, 11) is 1.87. The smallest absolute Gasteiger partial charge is 0.162 e. The predicted octanol–water partition coefficient (Wildman–Crippen LogP) is 2.85. The molecule has 6 heteroatoms. The second-order valence-electron chi connectivity index (χ2n) is 4.91. The zero-order valence-corrected chi connectivity index (χ0v) is 12.0. The van der Waals surface area contributed by atoms with Crippen molar-refractivity contribution in [1.29, 1.82) is 0 Å². The topological polar surface area (TPSA) is 55.6 Å². The van der Waals surface area contributed by atoms with E-state index in [1.54, 1.807) is 10.9 Å². The van der Waals surface area contributed by atoms with Gasteiger partial charge in [0, 0.05) is 18.5 Å². The first-order chi connectivity index (χ1) is 9.10. The second-order valence-corrected chi connectivity index (χ2v) is 5.32. The number of halogens is 1. The molecule has 2 aromatic rings. The molecule has 0 radical (unpaired) electrons. The van der Waals surface area contributed by atoms with Gasteiger partial charge in [-0.15, -0.1) is 0 Å². The maximum Gasteiger partial charge on any atom is 0.162 e. The summed E-state index contributed by atoms with van der Waals surface area (Å²) < 4.78 is 1.74. The quantitative estimate of drug-likeness (QED) is 0.937. The van der Waals surface area contributed by atoms with Gasteiger partial charge in [0.05, 0.1) is 16.9 Å². The SMILES string of the molecule is CNc1nc(C2CC2)nc(-n2cc(Cl)c(C)n2)c1C. The van der Waals surface area contributed by atoms with Gasteiger partial charge in [0.2, 0.25) is 0 Å². The number of anilines is 1. The molecular weight excluding hydrogens is 262 g/mol. The van der Waals surface area contributed by atoms with Crippen LogP contribution in [-0.2, 0) is 0 Å². The van der Waals surface area contributed by atoms with E-state index in [4.69, 9.17) is 11.6 Å². The van der Waals surface area contributed by atoms with Crippen LogP contribution in [0.15, 0.2) is 6.20 Å². The van der Waals surface area contributed by atoms with Crippen molar-refractivity contribution in [2.75, 3.05) is 12.4 Å². The minimum atomic E-state index is 0.499. The molecule has 2 aromatic heterocycles. The number of nitrogens with zero attached hydrogens (tertiary/aromatic N) is 4. The summed E-state index contributed by atoms with van der Waals surface area (Å²) in [6.45, 7) is 3.87. The monoisotopic (exact) mass is 277 g/mol. The summed E-state index contributed by atoms with van der Waals surface area (Å²) in [5.41, 5.74) is 1.78. The maximum atomic E-state index is 6.08. The van der Waals surface area contributed by atoms with E-state index in [-0.39, 0.29) is 0 Å². The molecule has 2 heterocycles. The Labute approximate surface area is 117 Å². The third-order valence-corrected chi connectivity index (χ3v) is 3.74. The minimum absolute atomic E-state index is 0.499. The molecule has 1 aliphatic carbocycles. The average Bonchev–Trinajstić information content (AvgIpc) is 3.17. The van der Waals surface area contributed by atoms with E-state index >= 15 is 0 Å². The lowest BCUT2D eigenvalue weighted by molar-refractivity contribution is 0.792. The summed E-state index contributed by atoms with van der Waals surface area (Å²) in [5.74, 6) is 3.06. The second kappa shape index (κ2) is 4.49. The fourth-order valence-electron chi connectivity index (χ4n) is 2.06. The van der Waals surface area contributed by atoms with Gasteiger partial charge in [-0.25, -0.2) is 14.6 Å². The molecule has 1 N–H and O–H groups in total. The molecule has 19 heavy (non-hydrogen) atoms. The Morgan fingerprint density at radius 2 is 2.05 bits per heavy atom. The Morgan fingerprint density at radius 1 is 1.32 bits per heavy atom. The van der Waals surface area contributed by atoms with E-state index in [9.17, 15) is 0 Å². The molecule has 0 aliphatic heterocycles. The highest BCUT2D eigenvalue weighted by Crippen LogP contribution is 2.39. The summed E-state index contributed by atoms with van der Waals surface area (Å²) in [4.78, 5) is 9.23.